The third-order valence-corrected chi connectivity index (χ3v) is 3.37. The summed E-state index contributed by atoms with van der Waals surface area (Å²) in [5.74, 6) is 0.609. The second kappa shape index (κ2) is 7.69. The van der Waals surface area contributed by atoms with Gasteiger partial charge in [0, 0.05) is 14.5 Å². The van der Waals surface area contributed by atoms with Crippen LogP contribution in [0.1, 0.15) is 31.8 Å². The van der Waals surface area contributed by atoms with E-state index in [1.807, 2.05) is 0 Å². The molecule has 0 radical (unpaired) electrons. The van der Waals surface area contributed by atoms with Gasteiger partial charge in [-0.2, -0.15) is 0 Å². The highest BCUT2D eigenvalue weighted by molar-refractivity contribution is 5.78. The highest BCUT2D eigenvalue weighted by Crippen LogP contribution is 2.45. The Hall–Kier alpha value is -1.68. The summed E-state index contributed by atoms with van der Waals surface area (Å²) in [5.41, 5.74) is 5.86. The molecule has 0 bridgehead atoms. The molecule has 106 valence electrons. The lowest BCUT2D eigenvalue weighted by Gasteiger charge is -2.09. The second-order valence-corrected chi connectivity index (χ2v) is 4.14. The van der Waals surface area contributed by atoms with E-state index in [-0.39, 0.29) is 13.1 Å². The molecule has 6 N–H and O–H groups in total. The molecule has 3 heteroatoms. The van der Waals surface area contributed by atoms with Crippen LogP contribution in [0.5, 0.6) is 0 Å². The fourth-order valence-electron chi connectivity index (χ4n) is 2.70. The molecule has 1 aliphatic carbocycles. The second-order valence-electron chi connectivity index (χ2n) is 4.14. The molecule has 0 saturated carbocycles. The van der Waals surface area contributed by atoms with Crippen LogP contribution in [0.25, 0.3) is 11.1 Å². The third-order valence-electron chi connectivity index (χ3n) is 3.37. The van der Waals surface area contributed by atoms with Crippen LogP contribution < -0.4 is 6.15 Å². The van der Waals surface area contributed by atoms with E-state index >= 15 is 0 Å². The van der Waals surface area contributed by atoms with E-state index in [0.29, 0.717) is 5.92 Å². The Morgan fingerprint density at radius 3 is 1.63 bits per heavy atom. The summed E-state index contributed by atoms with van der Waals surface area (Å²) < 4.78 is 0. The van der Waals surface area contributed by atoms with Crippen molar-refractivity contribution in [3.63, 3.8) is 0 Å². The van der Waals surface area contributed by atoms with Gasteiger partial charge in [-0.25, -0.2) is 0 Å². The lowest BCUT2D eigenvalue weighted by Crippen LogP contribution is -1.93. The van der Waals surface area contributed by atoms with Crippen molar-refractivity contribution in [1.82, 2.24) is 6.15 Å². The molecule has 0 aliphatic heterocycles. The van der Waals surface area contributed by atoms with Crippen LogP contribution in [0.3, 0.4) is 0 Å². The van der Waals surface area contributed by atoms with Gasteiger partial charge in [0.05, 0.1) is 0 Å². The van der Waals surface area contributed by atoms with Crippen molar-refractivity contribution < 1.29 is 12.0 Å². The highest BCUT2D eigenvalue weighted by atomic mass is 16.2. The Morgan fingerprint density at radius 1 is 0.895 bits per heavy atom. The molecular formula is C16H25NO2. The third kappa shape index (κ3) is 2.84. The van der Waals surface area contributed by atoms with Gasteiger partial charge in [-0.05, 0) is 28.7 Å². The highest BCUT2D eigenvalue weighted by Gasteiger charge is 2.25. The van der Waals surface area contributed by atoms with Crippen molar-refractivity contribution >= 4 is 0 Å². The molecule has 0 amide bonds. The Morgan fingerprint density at radius 2 is 1.26 bits per heavy atom. The number of hydrogen-bond donors (Lipinski definition) is 2. The van der Waals surface area contributed by atoms with Crippen molar-refractivity contribution in [2.75, 3.05) is 7.11 Å². The summed E-state index contributed by atoms with van der Waals surface area (Å²) in [7, 11) is 1.00. The fraction of sp³-hybridized carbons (Fsp3) is 0.250. The summed E-state index contributed by atoms with van der Waals surface area (Å²) in [5, 5.41) is 7.00. The first-order valence-electron chi connectivity index (χ1n) is 6.04. The largest absolute Gasteiger partial charge is 0.412 e. The first-order chi connectivity index (χ1) is 8.42. The maximum atomic E-state index is 7.00. The van der Waals surface area contributed by atoms with Crippen LogP contribution in [-0.2, 0) is 0 Å². The molecule has 3 rings (SSSR count). The van der Waals surface area contributed by atoms with Crippen molar-refractivity contribution in [2.45, 2.75) is 19.3 Å². The zero-order valence-corrected chi connectivity index (χ0v) is 11.6. The predicted octanol–water partition coefficient (Wildman–Crippen LogP) is 3.40. The van der Waals surface area contributed by atoms with Crippen LogP contribution in [0.15, 0.2) is 48.5 Å². The summed E-state index contributed by atoms with van der Waals surface area (Å²) in [6.45, 7) is 2.27. The predicted molar refractivity (Wildman–Crippen MR) is 82.9 cm³/mol. The zero-order valence-electron chi connectivity index (χ0n) is 11.6. The number of benzene rings is 2. The molecule has 0 spiro atoms. The number of hydrogen-bond acceptors (Lipinski definition) is 2. The van der Waals surface area contributed by atoms with Gasteiger partial charge in [-0.15, -0.1) is 0 Å². The Kier molecular flexibility index (Phi) is 7.01. The molecule has 0 atom stereocenters. The lowest BCUT2D eigenvalue weighted by atomic mass is 9.95. The van der Waals surface area contributed by atoms with Crippen LogP contribution in [0, 0.1) is 0 Å². The minimum Gasteiger partial charge on any atom is -0.412 e. The summed E-state index contributed by atoms with van der Waals surface area (Å²) in [6, 6.07) is 17.6. The van der Waals surface area contributed by atoms with E-state index in [1.165, 1.54) is 28.7 Å². The first kappa shape index (κ1) is 17.3. The maximum Gasteiger partial charge on any atom is 0.0319 e. The standard InChI is InChI=1S/C15H14.CH4O.H3N.H2O.H2/c1-2-11-12-7-3-5-9-14(12)15-10-6-4-8-13(11)15;1-2;;;/h3-11H,2H2,1H3;2H,1H3;1H3;1H2;1H. The van der Waals surface area contributed by atoms with E-state index in [4.69, 9.17) is 5.11 Å². The molecular weight excluding hydrogens is 238 g/mol. The molecule has 0 fully saturated rings. The minimum atomic E-state index is 0. The van der Waals surface area contributed by atoms with Crippen molar-refractivity contribution in [2.24, 2.45) is 0 Å². The van der Waals surface area contributed by atoms with E-state index in [9.17, 15) is 0 Å². The van der Waals surface area contributed by atoms with Gasteiger partial charge in [-0.1, -0.05) is 55.5 Å². The van der Waals surface area contributed by atoms with Crippen LogP contribution in [0.2, 0.25) is 0 Å². The first-order valence-corrected chi connectivity index (χ1v) is 6.04. The number of aliphatic hydroxyl groups excluding tert-OH is 1. The summed E-state index contributed by atoms with van der Waals surface area (Å²) in [6.07, 6.45) is 1.19. The van der Waals surface area contributed by atoms with E-state index in [0.717, 1.165) is 7.11 Å². The van der Waals surface area contributed by atoms with Crippen molar-refractivity contribution in [1.29, 1.82) is 0 Å². The van der Waals surface area contributed by atoms with E-state index in [1.54, 1.807) is 0 Å². The number of aliphatic hydroxyl groups is 1. The molecule has 2 aromatic carbocycles. The SMILES string of the molecule is CCC1c2ccccc2-c2ccccc21.CO.N.O.[HH]. The van der Waals surface area contributed by atoms with Crippen LogP contribution in [0.4, 0.5) is 0 Å². The van der Waals surface area contributed by atoms with Crippen molar-refractivity contribution in [3.05, 3.63) is 59.7 Å². The minimum absolute atomic E-state index is 0. The summed E-state index contributed by atoms with van der Waals surface area (Å²) >= 11 is 0. The van der Waals surface area contributed by atoms with Crippen LogP contribution >= 0.6 is 0 Å². The number of rotatable bonds is 1. The molecule has 19 heavy (non-hydrogen) atoms. The van der Waals surface area contributed by atoms with Gasteiger partial charge in [0.2, 0.25) is 0 Å². The molecule has 3 nitrogen and oxygen atoms in total. The van der Waals surface area contributed by atoms with Crippen molar-refractivity contribution in [3.8, 4) is 11.1 Å². The Bertz CT molecular complexity index is 472. The summed E-state index contributed by atoms with van der Waals surface area (Å²) in [4.78, 5) is 0. The van der Waals surface area contributed by atoms with Gasteiger partial charge in [-0.3, -0.25) is 0 Å². The van der Waals surface area contributed by atoms with Gasteiger partial charge in [0.15, 0.2) is 0 Å². The molecule has 0 heterocycles. The molecule has 2 aromatic rings. The smallest absolute Gasteiger partial charge is 0.0319 e. The Balaban J connectivity index is 0. The Labute approximate surface area is 116 Å². The van der Waals surface area contributed by atoms with Crippen LogP contribution in [-0.4, -0.2) is 17.7 Å². The molecule has 1 aliphatic rings. The lowest BCUT2D eigenvalue weighted by molar-refractivity contribution is 0.399. The molecule has 0 saturated heterocycles. The normalized spacial score (nSPS) is 11.1. The van der Waals surface area contributed by atoms with E-state index in [2.05, 4.69) is 55.5 Å². The van der Waals surface area contributed by atoms with Gasteiger partial charge >= 0.3 is 0 Å². The topological polar surface area (TPSA) is 86.7 Å². The van der Waals surface area contributed by atoms with Gasteiger partial charge in [0.1, 0.15) is 0 Å². The van der Waals surface area contributed by atoms with Gasteiger partial charge < -0.3 is 16.7 Å². The molecule has 0 aromatic heterocycles. The quantitative estimate of drug-likeness (QED) is 0.826. The monoisotopic (exact) mass is 263 g/mol. The number of fused-ring (bicyclic) bond motifs is 3. The van der Waals surface area contributed by atoms with Gasteiger partial charge in [0.25, 0.3) is 0 Å². The maximum absolute atomic E-state index is 7.00. The average molecular weight is 263 g/mol. The fourth-order valence-corrected chi connectivity index (χ4v) is 2.70. The zero-order chi connectivity index (χ0) is 12.3. The molecule has 0 unspecified atom stereocenters. The average Bonchev–Trinajstić information content (AvgIpc) is 2.75. The van der Waals surface area contributed by atoms with E-state index < -0.39 is 0 Å².